The lowest BCUT2D eigenvalue weighted by Crippen LogP contribution is -2.28. The number of benzene rings is 1. The Balaban J connectivity index is 1.88. The first-order valence-electron chi connectivity index (χ1n) is 8.42. The molecule has 1 aromatic rings. The first kappa shape index (κ1) is 18.1. The van der Waals surface area contributed by atoms with Crippen LogP contribution in [0.4, 0.5) is 5.69 Å². The number of nitrogens with one attached hydrogen (secondary N) is 1. The SMILES string of the molecule is CN(C)C(=O)c1ccc(N(C)CCCC2CCNCC2)cc1Cl. The number of anilines is 1. The van der Waals surface area contributed by atoms with Gasteiger partial charge in [-0.3, -0.25) is 4.79 Å². The quantitative estimate of drug-likeness (QED) is 0.865. The van der Waals surface area contributed by atoms with Crippen LogP contribution in [0.3, 0.4) is 0 Å². The summed E-state index contributed by atoms with van der Waals surface area (Å²) in [5.41, 5.74) is 1.62. The van der Waals surface area contributed by atoms with E-state index in [2.05, 4.69) is 17.3 Å². The second-order valence-corrected chi connectivity index (χ2v) is 7.03. The molecule has 0 bridgehead atoms. The third-order valence-electron chi connectivity index (χ3n) is 4.59. The smallest absolute Gasteiger partial charge is 0.254 e. The van der Waals surface area contributed by atoms with Crippen LogP contribution in [0.15, 0.2) is 18.2 Å². The summed E-state index contributed by atoms with van der Waals surface area (Å²) in [4.78, 5) is 15.8. The summed E-state index contributed by atoms with van der Waals surface area (Å²) < 4.78 is 0. The van der Waals surface area contributed by atoms with Crippen molar-refractivity contribution in [1.29, 1.82) is 0 Å². The number of rotatable bonds is 6. The Bertz CT molecular complexity index is 527. The molecule has 1 N–H and O–H groups in total. The third-order valence-corrected chi connectivity index (χ3v) is 4.91. The zero-order valence-electron chi connectivity index (χ0n) is 14.4. The first-order valence-corrected chi connectivity index (χ1v) is 8.80. The van der Waals surface area contributed by atoms with Crippen molar-refractivity contribution in [1.82, 2.24) is 10.2 Å². The predicted molar refractivity (Wildman–Crippen MR) is 97.6 cm³/mol. The summed E-state index contributed by atoms with van der Waals surface area (Å²) in [5, 5.41) is 3.93. The van der Waals surface area contributed by atoms with Crippen molar-refractivity contribution in [2.45, 2.75) is 25.7 Å². The summed E-state index contributed by atoms with van der Waals surface area (Å²) in [6, 6.07) is 5.69. The van der Waals surface area contributed by atoms with Crippen LogP contribution in [0.1, 0.15) is 36.0 Å². The molecule has 5 heteroatoms. The summed E-state index contributed by atoms with van der Waals surface area (Å²) in [6.07, 6.45) is 5.09. The van der Waals surface area contributed by atoms with Gasteiger partial charge in [-0.25, -0.2) is 0 Å². The molecule has 0 aliphatic carbocycles. The van der Waals surface area contributed by atoms with Gasteiger partial charge in [0.25, 0.3) is 5.91 Å². The highest BCUT2D eigenvalue weighted by molar-refractivity contribution is 6.34. The molecule has 1 aliphatic rings. The number of hydrogen-bond acceptors (Lipinski definition) is 3. The fourth-order valence-electron chi connectivity index (χ4n) is 3.07. The maximum absolute atomic E-state index is 12.0. The Morgan fingerprint density at radius 3 is 2.57 bits per heavy atom. The average molecular weight is 338 g/mol. The highest BCUT2D eigenvalue weighted by atomic mass is 35.5. The topological polar surface area (TPSA) is 35.6 Å². The lowest BCUT2D eigenvalue weighted by atomic mass is 9.93. The molecule has 0 radical (unpaired) electrons. The molecule has 1 amide bonds. The van der Waals surface area contributed by atoms with Gasteiger partial charge in [0.05, 0.1) is 10.6 Å². The van der Waals surface area contributed by atoms with Crippen LogP contribution in [0.2, 0.25) is 5.02 Å². The lowest BCUT2D eigenvalue weighted by Gasteiger charge is -2.25. The fourth-order valence-corrected chi connectivity index (χ4v) is 3.33. The number of amides is 1. The van der Waals surface area contributed by atoms with Crippen molar-refractivity contribution in [3.05, 3.63) is 28.8 Å². The Kier molecular flexibility index (Phi) is 6.72. The summed E-state index contributed by atoms with van der Waals surface area (Å²) in [6.45, 7) is 3.34. The minimum atomic E-state index is -0.0601. The van der Waals surface area contributed by atoms with E-state index in [9.17, 15) is 4.79 Å². The molecule has 23 heavy (non-hydrogen) atoms. The van der Waals surface area contributed by atoms with Crippen LogP contribution in [0, 0.1) is 5.92 Å². The molecule has 0 atom stereocenters. The van der Waals surface area contributed by atoms with Gasteiger partial charge >= 0.3 is 0 Å². The molecule has 0 saturated carbocycles. The average Bonchev–Trinajstić information content (AvgIpc) is 2.55. The van der Waals surface area contributed by atoms with E-state index in [1.54, 1.807) is 19.0 Å². The number of halogens is 1. The third kappa shape index (κ3) is 5.11. The van der Waals surface area contributed by atoms with Crippen molar-refractivity contribution in [3.63, 3.8) is 0 Å². The van der Waals surface area contributed by atoms with E-state index in [0.717, 1.165) is 31.2 Å². The second kappa shape index (κ2) is 8.55. The second-order valence-electron chi connectivity index (χ2n) is 6.62. The number of carbonyl (C=O) groups excluding carboxylic acids is 1. The van der Waals surface area contributed by atoms with E-state index in [0.29, 0.717) is 10.6 Å². The molecule has 1 aromatic carbocycles. The first-order chi connectivity index (χ1) is 11.0. The van der Waals surface area contributed by atoms with E-state index < -0.39 is 0 Å². The van der Waals surface area contributed by atoms with Crippen molar-refractivity contribution < 1.29 is 4.79 Å². The maximum Gasteiger partial charge on any atom is 0.254 e. The molecule has 1 heterocycles. The van der Waals surface area contributed by atoms with Gasteiger partial charge < -0.3 is 15.1 Å². The van der Waals surface area contributed by atoms with Gasteiger partial charge in [-0.15, -0.1) is 0 Å². The van der Waals surface area contributed by atoms with Gasteiger partial charge in [0.2, 0.25) is 0 Å². The Morgan fingerprint density at radius 1 is 1.26 bits per heavy atom. The fraction of sp³-hybridized carbons (Fsp3) is 0.611. The zero-order valence-corrected chi connectivity index (χ0v) is 15.2. The van der Waals surface area contributed by atoms with Gasteiger partial charge in [-0.2, -0.15) is 0 Å². The molecule has 4 nitrogen and oxygen atoms in total. The molecule has 0 unspecified atom stereocenters. The van der Waals surface area contributed by atoms with E-state index >= 15 is 0 Å². The van der Waals surface area contributed by atoms with Crippen molar-refractivity contribution >= 4 is 23.2 Å². The minimum absolute atomic E-state index is 0.0601. The summed E-state index contributed by atoms with van der Waals surface area (Å²) >= 11 is 6.29. The number of carbonyl (C=O) groups is 1. The van der Waals surface area contributed by atoms with E-state index in [4.69, 9.17) is 11.6 Å². The van der Waals surface area contributed by atoms with E-state index in [1.807, 2.05) is 18.2 Å². The number of nitrogens with zero attached hydrogens (tertiary/aromatic N) is 2. The van der Waals surface area contributed by atoms with E-state index in [-0.39, 0.29) is 5.91 Å². The minimum Gasteiger partial charge on any atom is -0.375 e. The number of hydrogen-bond donors (Lipinski definition) is 1. The Morgan fingerprint density at radius 2 is 1.96 bits per heavy atom. The largest absolute Gasteiger partial charge is 0.375 e. The van der Waals surface area contributed by atoms with Gasteiger partial charge in [0.1, 0.15) is 0 Å². The van der Waals surface area contributed by atoms with Crippen LogP contribution in [0.5, 0.6) is 0 Å². The van der Waals surface area contributed by atoms with Crippen LogP contribution < -0.4 is 10.2 Å². The van der Waals surface area contributed by atoms with Gasteiger partial charge in [0.15, 0.2) is 0 Å². The zero-order chi connectivity index (χ0) is 16.8. The lowest BCUT2D eigenvalue weighted by molar-refractivity contribution is 0.0828. The van der Waals surface area contributed by atoms with Crippen molar-refractivity contribution in [2.24, 2.45) is 5.92 Å². The van der Waals surface area contributed by atoms with Crippen molar-refractivity contribution in [3.8, 4) is 0 Å². The Labute approximate surface area is 144 Å². The normalized spacial score (nSPS) is 15.5. The summed E-state index contributed by atoms with van der Waals surface area (Å²) in [5.74, 6) is 0.809. The highest BCUT2D eigenvalue weighted by Gasteiger charge is 2.15. The molecule has 2 rings (SSSR count). The standard InChI is InChI=1S/C18H28ClN3O/c1-21(2)18(23)16-7-6-15(13-17(16)19)22(3)12-4-5-14-8-10-20-11-9-14/h6-7,13-14,20H,4-5,8-12H2,1-3H3. The number of piperidine rings is 1. The molecule has 1 fully saturated rings. The van der Waals surface area contributed by atoms with Crippen LogP contribution in [-0.2, 0) is 0 Å². The molecular weight excluding hydrogens is 310 g/mol. The Hall–Kier alpha value is -1.26. The monoisotopic (exact) mass is 337 g/mol. The van der Waals surface area contributed by atoms with Crippen LogP contribution in [-0.4, -0.2) is 51.6 Å². The van der Waals surface area contributed by atoms with Gasteiger partial charge in [-0.1, -0.05) is 11.6 Å². The molecular formula is C18H28ClN3O. The molecule has 1 aliphatic heterocycles. The molecule has 0 aromatic heterocycles. The van der Waals surface area contributed by atoms with Gasteiger partial charge in [0, 0.05) is 33.4 Å². The van der Waals surface area contributed by atoms with Crippen LogP contribution in [0.25, 0.3) is 0 Å². The summed E-state index contributed by atoms with van der Waals surface area (Å²) in [7, 11) is 5.56. The highest BCUT2D eigenvalue weighted by Crippen LogP contribution is 2.25. The van der Waals surface area contributed by atoms with E-state index in [1.165, 1.54) is 25.7 Å². The molecule has 0 spiro atoms. The maximum atomic E-state index is 12.0. The molecule has 1 saturated heterocycles. The molecule has 128 valence electrons. The van der Waals surface area contributed by atoms with Crippen LogP contribution >= 0.6 is 11.6 Å². The predicted octanol–water partition coefficient (Wildman–Crippen LogP) is 3.26. The van der Waals surface area contributed by atoms with Crippen molar-refractivity contribution in [2.75, 3.05) is 45.7 Å². The van der Waals surface area contributed by atoms with Gasteiger partial charge in [-0.05, 0) is 62.9 Å².